The molecule has 4 rings (SSSR count). The van der Waals surface area contributed by atoms with Gasteiger partial charge in [0, 0.05) is 41.8 Å². The summed E-state index contributed by atoms with van der Waals surface area (Å²) in [6.45, 7) is 1.32. The standard InChI is InChI=1S/C17H18N2O5S3/c20-16-4-1-12-9-13(2-3-15(12)24-16)27(22,23)19-11-26-10-14(19)17(21)18-5-7-25-8-6-18/h1-4,9,14H,5-8,10-11H2. The van der Waals surface area contributed by atoms with Crippen molar-refractivity contribution in [3.05, 3.63) is 40.8 Å². The van der Waals surface area contributed by atoms with Gasteiger partial charge in [0.1, 0.15) is 11.6 Å². The van der Waals surface area contributed by atoms with Gasteiger partial charge in [0.25, 0.3) is 0 Å². The van der Waals surface area contributed by atoms with Crippen molar-refractivity contribution in [2.24, 2.45) is 0 Å². The summed E-state index contributed by atoms with van der Waals surface area (Å²) in [5.41, 5.74) is -0.157. The summed E-state index contributed by atoms with van der Waals surface area (Å²) in [6, 6.07) is 6.49. The highest BCUT2D eigenvalue weighted by atomic mass is 32.2. The van der Waals surface area contributed by atoms with Gasteiger partial charge in [-0.3, -0.25) is 4.79 Å². The van der Waals surface area contributed by atoms with Gasteiger partial charge in [-0.15, -0.1) is 11.8 Å². The Morgan fingerprint density at radius 1 is 1.11 bits per heavy atom. The molecule has 0 spiro atoms. The van der Waals surface area contributed by atoms with Crippen LogP contribution in [-0.4, -0.2) is 65.8 Å². The van der Waals surface area contributed by atoms with E-state index in [2.05, 4.69) is 0 Å². The molecular weight excluding hydrogens is 408 g/mol. The average molecular weight is 427 g/mol. The quantitative estimate of drug-likeness (QED) is 0.686. The van der Waals surface area contributed by atoms with Gasteiger partial charge < -0.3 is 9.32 Å². The topological polar surface area (TPSA) is 87.9 Å². The number of rotatable bonds is 3. The lowest BCUT2D eigenvalue weighted by Crippen LogP contribution is -2.51. The monoisotopic (exact) mass is 426 g/mol. The Morgan fingerprint density at radius 2 is 1.89 bits per heavy atom. The van der Waals surface area contributed by atoms with Crippen LogP contribution in [0.5, 0.6) is 0 Å². The number of benzene rings is 1. The summed E-state index contributed by atoms with van der Waals surface area (Å²) in [5, 5.41) is 0.526. The van der Waals surface area contributed by atoms with Crippen LogP contribution < -0.4 is 5.63 Å². The van der Waals surface area contributed by atoms with Gasteiger partial charge in [0.2, 0.25) is 15.9 Å². The molecule has 0 saturated carbocycles. The Hall–Kier alpha value is -1.49. The van der Waals surface area contributed by atoms with E-state index in [9.17, 15) is 18.0 Å². The zero-order chi connectivity index (χ0) is 19.0. The van der Waals surface area contributed by atoms with Crippen LogP contribution in [0.1, 0.15) is 0 Å². The van der Waals surface area contributed by atoms with Crippen LogP contribution in [-0.2, 0) is 14.8 Å². The normalized spacial score (nSPS) is 21.6. The fraction of sp³-hybridized carbons (Fsp3) is 0.412. The molecule has 0 bridgehead atoms. The minimum atomic E-state index is -3.83. The first kappa shape index (κ1) is 18.9. The van der Waals surface area contributed by atoms with Crippen LogP contribution in [0.25, 0.3) is 11.0 Å². The smallest absolute Gasteiger partial charge is 0.336 e. The van der Waals surface area contributed by atoms with Gasteiger partial charge in [0.05, 0.1) is 10.8 Å². The van der Waals surface area contributed by atoms with E-state index in [4.69, 9.17) is 4.42 Å². The Labute approximate surface area is 165 Å². The van der Waals surface area contributed by atoms with Crippen molar-refractivity contribution in [1.82, 2.24) is 9.21 Å². The van der Waals surface area contributed by atoms with E-state index < -0.39 is 21.7 Å². The van der Waals surface area contributed by atoms with E-state index in [1.807, 2.05) is 0 Å². The number of fused-ring (bicyclic) bond motifs is 1. The summed E-state index contributed by atoms with van der Waals surface area (Å²) < 4.78 is 32.7. The highest BCUT2D eigenvalue weighted by Gasteiger charge is 2.42. The van der Waals surface area contributed by atoms with Crippen molar-refractivity contribution in [3.8, 4) is 0 Å². The average Bonchev–Trinajstić information content (AvgIpc) is 3.18. The highest BCUT2D eigenvalue weighted by molar-refractivity contribution is 8.00. The molecule has 10 heteroatoms. The molecule has 144 valence electrons. The van der Waals surface area contributed by atoms with Gasteiger partial charge >= 0.3 is 5.63 Å². The number of amides is 1. The number of carbonyl (C=O) groups excluding carboxylic acids is 1. The second kappa shape index (κ2) is 7.50. The minimum Gasteiger partial charge on any atom is -0.423 e. The van der Waals surface area contributed by atoms with Gasteiger partial charge in [-0.1, -0.05) is 0 Å². The maximum atomic E-state index is 13.2. The maximum absolute atomic E-state index is 13.2. The van der Waals surface area contributed by atoms with Gasteiger partial charge in [-0.05, 0) is 24.3 Å². The molecule has 1 aromatic carbocycles. The second-order valence-electron chi connectivity index (χ2n) is 6.30. The van der Waals surface area contributed by atoms with Gasteiger partial charge in [-0.25, -0.2) is 13.2 Å². The van der Waals surface area contributed by atoms with Crippen LogP contribution >= 0.6 is 23.5 Å². The third-order valence-electron chi connectivity index (χ3n) is 4.65. The molecule has 3 heterocycles. The van der Waals surface area contributed by atoms with Crippen molar-refractivity contribution in [2.75, 3.05) is 36.2 Å². The molecule has 1 unspecified atom stereocenters. The molecule has 0 radical (unpaired) electrons. The summed E-state index contributed by atoms with van der Waals surface area (Å²) in [7, 11) is -3.83. The van der Waals surface area contributed by atoms with Crippen molar-refractivity contribution in [3.63, 3.8) is 0 Å². The zero-order valence-corrected chi connectivity index (χ0v) is 16.8. The van der Waals surface area contributed by atoms with Crippen LogP contribution in [0.4, 0.5) is 0 Å². The fourth-order valence-corrected chi connectivity index (χ4v) is 7.27. The second-order valence-corrected chi connectivity index (χ2v) is 10.4. The maximum Gasteiger partial charge on any atom is 0.336 e. The lowest BCUT2D eigenvalue weighted by atomic mass is 10.2. The summed E-state index contributed by atoms with van der Waals surface area (Å²) in [4.78, 5) is 26.1. The summed E-state index contributed by atoms with van der Waals surface area (Å²) in [5.74, 6) is 2.37. The Balaban J connectivity index is 1.64. The molecule has 2 fully saturated rings. The van der Waals surface area contributed by atoms with Crippen LogP contribution in [0.3, 0.4) is 0 Å². The molecule has 7 nitrogen and oxygen atoms in total. The van der Waals surface area contributed by atoms with Crippen molar-refractivity contribution in [2.45, 2.75) is 10.9 Å². The Morgan fingerprint density at radius 3 is 2.67 bits per heavy atom. The molecule has 27 heavy (non-hydrogen) atoms. The third-order valence-corrected chi connectivity index (χ3v) is 8.62. The van der Waals surface area contributed by atoms with Gasteiger partial charge in [0.15, 0.2) is 0 Å². The van der Waals surface area contributed by atoms with Crippen LogP contribution in [0.15, 0.2) is 44.4 Å². The van der Waals surface area contributed by atoms with E-state index in [-0.39, 0.29) is 16.7 Å². The predicted octanol–water partition coefficient (Wildman–Crippen LogP) is 1.43. The minimum absolute atomic E-state index is 0.0957. The molecule has 2 aliphatic rings. The summed E-state index contributed by atoms with van der Waals surface area (Å²) in [6.07, 6.45) is 0. The first-order valence-electron chi connectivity index (χ1n) is 8.47. The molecule has 2 aromatic rings. The van der Waals surface area contributed by atoms with Crippen molar-refractivity contribution >= 4 is 50.4 Å². The molecular formula is C17H18N2O5S3. The molecule has 2 aliphatic heterocycles. The predicted molar refractivity (Wildman–Crippen MR) is 107 cm³/mol. The van der Waals surface area contributed by atoms with Crippen LogP contribution in [0.2, 0.25) is 0 Å². The molecule has 2 saturated heterocycles. The fourth-order valence-electron chi connectivity index (χ4n) is 3.20. The number of sulfonamides is 1. The van der Waals surface area contributed by atoms with Crippen molar-refractivity contribution < 1.29 is 17.6 Å². The SMILES string of the molecule is O=C(C1CSCN1S(=O)(=O)c1ccc2oc(=O)ccc2c1)N1CCSCC1. The molecule has 1 atom stereocenters. The van der Waals surface area contributed by atoms with E-state index in [0.29, 0.717) is 29.8 Å². The lowest BCUT2D eigenvalue weighted by Gasteiger charge is -2.31. The summed E-state index contributed by atoms with van der Waals surface area (Å²) >= 11 is 3.25. The van der Waals surface area contributed by atoms with E-state index in [1.54, 1.807) is 16.7 Å². The van der Waals surface area contributed by atoms with E-state index in [0.717, 1.165) is 11.5 Å². The molecule has 0 N–H and O–H groups in total. The lowest BCUT2D eigenvalue weighted by molar-refractivity contribution is -0.133. The molecule has 0 aliphatic carbocycles. The van der Waals surface area contributed by atoms with E-state index in [1.165, 1.54) is 46.4 Å². The number of carbonyl (C=O) groups is 1. The van der Waals surface area contributed by atoms with Gasteiger partial charge in [-0.2, -0.15) is 16.1 Å². The first-order valence-corrected chi connectivity index (χ1v) is 12.2. The first-order chi connectivity index (χ1) is 13.0. The van der Waals surface area contributed by atoms with Crippen molar-refractivity contribution in [1.29, 1.82) is 0 Å². The van der Waals surface area contributed by atoms with Crippen LogP contribution in [0, 0.1) is 0 Å². The molecule has 1 amide bonds. The largest absolute Gasteiger partial charge is 0.423 e. The number of hydrogen-bond donors (Lipinski definition) is 0. The third kappa shape index (κ3) is 3.63. The number of hydrogen-bond acceptors (Lipinski definition) is 7. The number of nitrogens with zero attached hydrogens (tertiary/aromatic N) is 2. The zero-order valence-electron chi connectivity index (χ0n) is 14.4. The number of thioether (sulfide) groups is 2. The molecule has 1 aromatic heterocycles. The highest BCUT2D eigenvalue weighted by Crippen LogP contribution is 2.31. The van der Waals surface area contributed by atoms with E-state index >= 15 is 0 Å². The Kier molecular flexibility index (Phi) is 5.23. The Bertz CT molecular complexity index is 1030.